The molecule has 102 valence electrons. The van der Waals surface area contributed by atoms with Gasteiger partial charge in [-0.1, -0.05) is 66.7 Å². The van der Waals surface area contributed by atoms with Crippen molar-refractivity contribution in [1.29, 1.82) is 0 Å². The molecule has 1 N–H and O–H groups in total. The van der Waals surface area contributed by atoms with Gasteiger partial charge in [0.1, 0.15) is 0 Å². The van der Waals surface area contributed by atoms with Gasteiger partial charge in [0.2, 0.25) is 0 Å². The van der Waals surface area contributed by atoms with Crippen LogP contribution in [-0.2, 0) is 5.60 Å². The van der Waals surface area contributed by atoms with Crippen LogP contribution in [0.5, 0.6) is 0 Å². The van der Waals surface area contributed by atoms with Crippen molar-refractivity contribution in [3.8, 4) is 0 Å². The lowest BCUT2D eigenvalue weighted by atomic mass is 9.87. The Morgan fingerprint density at radius 3 is 1.75 bits per heavy atom. The van der Waals surface area contributed by atoms with Crippen LogP contribution in [0.25, 0.3) is 0 Å². The summed E-state index contributed by atoms with van der Waals surface area (Å²) in [7, 11) is 0. The topological polar surface area (TPSA) is 20.2 Å². The summed E-state index contributed by atoms with van der Waals surface area (Å²) in [5.41, 5.74) is 0.0227. The Balaban J connectivity index is 0.000000276. The van der Waals surface area contributed by atoms with E-state index >= 15 is 0 Å². The third-order valence-corrected chi connectivity index (χ3v) is 2.83. The van der Waals surface area contributed by atoms with E-state index < -0.39 is 5.60 Å². The molecule has 0 saturated carbocycles. The lowest BCUT2D eigenvalue weighted by Gasteiger charge is -2.26. The fraction of sp³-hybridized carbons (Fsp3) is 0.158. The highest BCUT2D eigenvalue weighted by atomic mass is 16.3. The van der Waals surface area contributed by atoms with Crippen LogP contribution in [0, 0.1) is 12.1 Å². The third-order valence-electron chi connectivity index (χ3n) is 2.83. The summed E-state index contributed by atoms with van der Waals surface area (Å²) >= 11 is 0. The minimum absolute atomic E-state index is 0.531. The van der Waals surface area contributed by atoms with Crippen LogP contribution < -0.4 is 0 Å². The van der Waals surface area contributed by atoms with Gasteiger partial charge in [-0.15, -0.1) is 13.2 Å². The summed E-state index contributed by atoms with van der Waals surface area (Å²) in [5.74, 6) is 0. The maximum atomic E-state index is 10.3. The molecule has 2 rings (SSSR count). The Labute approximate surface area is 121 Å². The molecule has 2 aromatic rings. The predicted octanol–water partition coefficient (Wildman–Crippen LogP) is 4.31. The first kappa shape index (κ1) is 15.9. The summed E-state index contributed by atoms with van der Waals surface area (Å²) in [5, 5.41) is 10.3. The van der Waals surface area contributed by atoms with Crippen molar-refractivity contribution in [2.45, 2.75) is 18.4 Å². The molecule has 0 spiro atoms. The molecule has 0 aliphatic carbocycles. The van der Waals surface area contributed by atoms with Crippen LogP contribution in [-0.4, -0.2) is 5.11 Å². The molecule has 0 aromatic heterocycles. The minimum Gasteiger partial charge on any atom is -0.385 e. The maximum Gasteiger partial charge on any atom is 0.0964 e. The Bertz CT molecular complexity index is 451. The molecule has 0 atom stereocenters. The first-order chi connectivity index (χ1) is 9.73. The van der Waals surface area contributed by atoms with Gasteiger partial charge in [0.25, 0.3) is 0 Å². The van der Waals surface area contributed by atoms with Crippen LogP contribution in [0.2, 0.25) is 0 Å². The van der Waals surface area contributed by atoms with Crippen molar-refractivity contribution in [2.75, 3.05) is 0 Å². The van der Waals surface area contributed by atoms with E-state index in [1.807, 2.05) is 42.5 Å². The van der Waals surface area contributed by atoms with E-state index in [-0.39, 0.29) is 0 Å². The first-order valence-corrected chi connectivity index (χ1v) is 6.55. The van der Waals surface area contributed by atoms with Crippen molar-refractivity contribution in [2.24, 2.45) is 0 Å². The van der Waals surface area contributed by atoms with E-state index in [1.165, 1.54) is 0 Å². The third kappa shape index (κ3) is 5.25. The van der Waals surface area contributed by atoms with Gasteiger partial charge in [-0.2, -0.15) is 0 Å². The van der Waals surface area contributed by atoms with Gasteiger partial charge >= 0.3 is 0 Å². The highest BCUT2D eigenvalue weighted by Crippen LogP contribution is 2.29. The zero-order valence-electron chi connectivity index (χ0n) is 11.6. The average Bonchev–Trinajstić information content (AvgIpc) is 2.51. The Morgan fingerprint density at radius 1 is 0.900 bits per heavy atom. The first-order valence-electron chi connectivity index (χ1n) is 6.55. The van der Waals surface area contributed by atoms with Crippen LogP contribution in [0.15, 0.2) is 79.9 Å². The fourth-order valence-corrected chi connectivity index (χ4v) is 1.84. The molecule has 0 fully saturated rings. The molecule has 2 radical (unpaired) electrons. The number of rotatable bonds is 5. The van der Waals surface area contributed by atoms with E-state index in [2.05, 4.69) is 25.3 Å². The molecule has 0 unspecified atom stereocenters. The zero-order chi connectivity index (χ0) is 14.7. The van der Waals surface area contributed by atoms with Crippen molar-refractivity contribution >= 4 is 0 Å². The van der Waals surface area contributed by atoms with Gasteiger partial charge in [-0.3, -0.25) is 0 Å². The number of hydrogen-bond acceptors (Lipinski definition) is 1. The molecule has 0 aliphatic heterocycles. The monoisotopic (exact) mass is 264 g/mol. The fourth-order valence-electron chi connectivity index (χ4n) is 1.84. The average molecular weight is 264 g/mol. The van der Waals surface area contributed by atoms with Gasteiger partial charge < -0.3 is 5.11 Å². The van der Waals surface area contributed by atoms with Crippen LogP contribution >= 0.6 is 0 Å². The van der Waals surface area contributed by atoms with Gasteiger partial charge in [-0.25, -0.2) is 0 Å². The molecule has 0 bridgehead atoms. The standard InChI is InChI=1S/C13H15O.C6H5/c1-3-10-13(14,11-4-2)12-8-6-5-7-9-12;1-2-4-6-5-3-1/h3-4,6-9,14H,1-2,10-11H2;1-5H. The Hall–Kier alpha value is -2.12. The number of hydrogen-bond donors (Lipinski definition) is 1. The highest BCUT2D eigenvalue weighted by molar-refractivity contribution is 5.23. The predicted molar refractivity (Wildman–Crippen MR) is 84.1 cm³/mol. The summed E-state index contributed by atoms with van der Waals surface area (Å²) in [4.78, 5) is 0. The van der Waals surface area contributed by atoms with Crippen LogP contribution in [0.1, 0.15) is 18.4 Å². The second-order valence-corrected chi connectivity index (χ2v) is 4.38. The smallest absolute Gasteiger partial charge is 0.0964 e. The van der Waals surface area contributed by atoms with Gasteiger partial charge in [0.15, 0.2) is 0 Å². The summed E-state index contributed by atoms with van der Waals surface area (Å²) in [6.45, 7) is 7.30. The lowest BCUT2D eigenvalue weighted by Crippen LogP contribution is -2.23. The maximum absolute atomic E-state index is 10.3. The molecule has 0 amide bonds. The Kier molecular flexibility index (Phi) is 7.08. The Morgan fingerprint density at radius 2 is 1.40 bits per heavy atom. The summed E-state index contributed by atoms with van der Waals surface area (Å²) in [6.07, 6.45) is 4.51. The second-order valence-electron chi connectivity index (χ2n) is 4.38. The number of benzene rings is 2. The zero-order valence-corrected chi connectivity index (χ0v) is 11.6. The van der Waals surface area contributed by atoms with Crippen molar-refractivity contribution in [3.05, 3.63) is 97.6 Å². The molecule has 0 heterocycles. The molecular weight excluding hydrogens is 244 g/mol. The van der Waals surface area contributed by atoms with Crippen molar-refractivity contribution in [3.63, 3.8) is 0 Å². The normalized spacial score (nSPS) is 10.1. The summed E-state index contributed by atoms with van der Waals surface area (Å²) in [6, 6.07) is 22.8. The van der Waals surface area contributed by atoms with Crippen molar-refractivity contribution < 1.29 is 5.11 Å². The molecule has 1 heteroatoms. The molecule has 0 saturated heterocycles. The van der Waals surface area contributed by atoms with Crippen LogP contribution in [0.4, 0.5) is 0 Å². The minimum atomic E-state index is -0.863. The van der Waals surface area contributed by atoms with E-state index in [1.54, 1.807) is 24.3 Å². The van der Waals surface area contributed by atoms with Gasteiger partial charge in [0.05, 0.1) is 5.60 Å². The van der Waals surface area contributed by atoms with E-state index in [9.17, 15) is 5.11 Å². The molecule has 1 nitrogen and oxygen atoms in total. The molecular formula is C19H20O. The highest BCUT2D eigenvalue weighted by Gasteiger charge is 2.25. The second kappa shape index (κ2) is 8.89. The van der Waals surface area contributed by atoms with Gasteiger partial charge in [0, 0.05) is 0 Å². The SMILES string of the molecule is C=CCC(O)(CC=C)c1cc[c]cc1.[c]1ccccc1. The lowest BCUT2D eigenvalue weighted by molar-refractivity contribution is 0.0430. The quantitative estimate of drug-likeness (QED) is 0.798. The van der Waals surface area contributed by atoms with E-state index in [0.717, 1.165) is 5.56 Å². The summed E-state index contributed by atoms with van der Waals surface area (Å²) < 4.78 is 0. The van der Waals surface area contributed by atoms with E-state index in [0.29, 0.717) is 12.8 Å². The van der Waals surface area contributed by atoms with Crippen LogP contribution in [0.3, 0.4) is 0 Å². The molecule has 20 heavy (non-hydrogen) atoms. The molecule has 0 aliphatic rings. The molecule has 2 aromatic carbocycles. The largest absolute Gasteiger partial charge is 0.385 e. The van der Waals surface area contributed by atoms with Gasteiger partial charge in [-0.05, 0) is 30.5 Å². The number of aliphatic hydroxyl groups is 1. The van der Waals surface area contributed by atoms with Crippen molar-refractivity contribution in [1.82, 2.24) is 0 Å². The van der Waals surface area contributed by atoms with E-state index in [4.69, 9.17) is 0 Å².